The Labute approximate surface area is 184 Å². The molecule has 0 radical (unpaired) electrons. The van der Waals surface area contributed by atoms with Crippen molar-refractivity contribution in [1.82, 2.24) is 14.8 Å². The second-order valence-corrected chi connectivity index (χ2v) is 10.7. The smallest absolute Gasteiger partial charge is 0.248 e. The topological polar surface area (TPSA) is 92.5 Å². The van der Waals surface area contributed by atoms with Crippen LogP contribution < -0.4 is 5.32 Å². The first-order chi connectivity index (χ1) is 14.8. The number of rotatable bonds is 5. The van der Waals surface area contributed by atoms with E-state index in [1.165, 1.54) is 28.3 Å². The average Bonchev–Trinajstić information content (AvgIpc) is 3.12. The summed E-state index contributed by atoms with van der Waals surface area (Å²) in [5, 5.41) is 6.90. The zero-order chi connectivity index (χ0) is 22.2. The van der Waals surface area contributed by atoms with Gasteiger partial charge >= 0.3 is 0 Å². The third kappa shape index (κ3) is 4.41. The molecule has 1 N–H and O–H groups in total. The summed E-state index contributed by atoms with van der Waals surface area (Å²) in [6, 6.07) is 6.49. The quantitative estimate of drug-likeness (QED) is 0.761. The van der Waals surface area contributed by atoms with Crippen molar-refractivity contribution in [3.8, 4) is 0 Å². The Kier molecular flexibility index (Phi) is 6.21. The largest absolute Gasteiger partial charge is 0.360 e. The number of sulfonamides is 1. The summed E-state index contributed by atoms with van der Waals surface area (Å²) in [5.74, 6) is 0.118. The minimum atomic E-state index is -3.66. The van der Waals surface area contributed by atoms with Gasteiger partial charge in [0.05, 0.1) is 6.04 Å². The van der Waals surface area contributed by atoms with Crippen molar-refractivity contribution in [2.24, 2.45) is 5.92 Å². The summed E-state index contributed by atoms with van der Waals surface area (Å²) in [4.78, 5) is 13.0. The summed E-state index contributed by atoms with van der Waals surface area (Å²) in [6.45, 7) is 5.88. The number of hydrogen-bond acceptors (Lipinski definition) is 5. The Balaban J connectivity index is 1.36. The fraction of sp³-hybridized carbons (Fsp3) is 0.565. The molecule has 7 nitrogen and oxygen atoms in total. The molecule has 0 saturated carbocycles. The van der Waals surface area contributed by atoms with Crippen molar-refractivity contribution in [2.75, 3.05) is 13.1 Å². The highest BCUT2D eigenvalue weighted by Crippen LogP contribution is 2.29. The average molecular weight is 446 g/mol. The fourth-order valence-corrected chi connectivity index (χ4v) is 6.53. The van der Waals surface area contributed by atoms with Gasteiger partial charge in [-0.05, 0) is 76.0 Å². The van der Waals surface area contributed by atoms with Crippen molar-refractivity contribution >= 4 is 15.9 Å². The summed E-state index contributed by atoms with van der Waals surface area (Å²) < 4.78 is 32.4. The zero-order valence-electron chi connectivity index (χ0n) is 18.5. The lowest BCUT2D eigenvalue weighted by atomic mass is 9.89. The number of aromatic nitrogens is 1. The number of amides is 1. The van der Waals surface area contributed by atoms with Crippen LogP contribution in [0.15, 0.2) is 27.6 Å². The van der Waals surface area contributed by atoms with Crippen LogP contribution in [-0.2, 0) is 27.7 Å². The molecule has 1 fully saturated rings. The number of nitrogens with one attached hydrogen (secondary N) is 1. The van der Waals surface area contributed by atoms with Crippen LogP contribution in [0, 0.1) is 19.8 Å². The lowest BCUT2D eigenvalue weighted by Gasteiger charge is -2.31. The van der Waals surface area contributed by atoms with E-state index in [1.54, 1.807) is 13.8 Å². The van der Waals surface area contributed by atoms with Gasteiger partial charge in [-0.15, -0.1) is 0 Å². The summed E-state index contributed by atoms with van der Waals surface area (Å²) >= 11 is 0. The first kappa shape index (κ1) is 22.0. The van der Waals surface area contributed by atoms with Crippen LogP contribution in [-0.4, -0.2) is 36.9 Å². The number of benzene rings is 1. The van der Waals surface area contributed by atoms with E-state index in [0.29, 0.717) is 37.4 Å². The molecule has 1 unspecified atom stereocenters. The van der Waals surface area contributed by atoms with Crippen LogP contribution in [0.1, 0.15) is 66.8 Å². The minimum Gasteiger partial charge on any atom is -0.360 e. The Morgan fingerprint density at radius 3 is 2.48 bits per heavy atom. The molecule has 2 aliphatic rings. The van der Waals surface area contributed by atoms with E-state index in [2.05, 4.69) is 28.7 Å². The zero-order valence-corrected chi connectivity index (χ0v) is 19.3. The van der Waals surface area contributed by atoms with Gasteiger partial charge in [0.1, 0.15) is 10.6 Å². The second-order valence-electron chi connectivity index (χ2n) is 8.80. The van der Waals surface area contributed by atoms with Gasteiger partial charge in [-0.1, -0.05) is 23.4 Å². The van der Waals surface area contributed by atoms with Gasteiger partial charge in [-0.2, -0.15) is 4.31 Å². The van der Waals surface area contributed by atoms with Crippen LogP contribution in [0.25, 0.3) is 0 Å². The highest BCUT2D eigenvalue weighted by Gasteiger charge is 2.35. The maximum atomic E-state index is 13.0. The van der Waals surface area contributed by atoms with Gasteiger partial charge in [-0.3, -0.25) is 4.79 Å². The first-order valence-electron chi connectivity index (χ1n) is 11.1. The predicted octanol–water partition coefficient (Wildman–Crippen LogP) is 3.45. The maximum Gasteiger partial charge on any atom is 0.248 e. The van der Waals surface area contributed by atoms with Crippen LogP contribution in [0.5, 0.6) is 0 Å². The molecule has 8 heteroatoms. The van der Waals surface area contributed by atoms with E-state index in [9.17, 15) is 13.2 Å². The molecule has 31 heavy (non-hydrogen) atoms. The molecule has 1 saturated heterocycles. The summed E-state index contributed by atoms with van der Waals surface area (Å²) in [6.07, 6.45) is 5.75. The highest BCUT2D eigenvalue weighted by molar-refractivity contribution is 7.89. The lowest BCUT2D eigenvalue weighted by molar-refractivity contribution is -0.126. The molecular formula is C23H31N3O4S. The fourth-order valence-electron chi connectivity index (χ4n) is 4.77. The van der Waals surface area contributed by atoms with Gasteiger partial charge in [0.25, 0.3) is 0 Å². The minimum absolute atomic E-state index is 0.000363. The van der Waals surface area contributed by atoms with Crippen LogP contribution in [0.2, 0.25) is 0 Å². The Morgan fingerprint density at radius 1 is 1.16 bits per heavy atom. The number of aryl methyl sites for hydroxylation is 4. The molecule has 1 atom stereocenters. The number of carbonyl (C=O) groups is 1. The van der Waals surface area contributed by atoms with Gasteiger partial charge in [0.15, 0.2) is 5.76 Å². The van der Waals surface area contributed by atoms with Crippen molar-refractivity contribution in [2.45, 2.75) is 70.2 Å². The highest BCUT2D eigenvalue weighted by atomic mass is 32.2. The van der Waals surface area contributed by atoms with Gasteiger partial charge in [-0.25, -0.2) is 8.42 Å². The van der Waals surface area contributed by atoms with Gasteiger partial charge in [0, 0.05) is 19.0 Å². The molecule has 1 aliphatic carbocycles. The SMILES string of the molecule is Cc1noc(C)c1S(=O)(=O)N1CCC(C(=O)NC(C)c2ccc3c(c2)CCCC3)CC1. The van der Waals surface area contributed by atoms with Crippen LogP contribution in [0.4, 0.5) is 0 Å². The van der Waals surface area contributed by atoms with E-state index in [0.717, 1.165) is 18.4 Å². The lowest BCUT2D eigenvalue weighted by Crippen LogP contribution is -2.43. The normalized spacial score (nSPS) is 19.1. The van der Waals surface area contributed by atoms with Gasteiger partial charge in [0.2, 0.25) is 15.9 Å². The molecule has 2 aromatic rings. The predicted molar refractivity (Wildman–Crippen MR) is 117 cm³/mol. The van der Waals surface area contributed by atoms with E-state index in [1.807, 2.05) is 6.92 Å². The Morgan fingerprint density at radius 2 is 1.84 bits per heavy atom. The molecule has 1 aliphatic heterocycles. The number of hydrogen-bond donors (Lipinski definition) is 1. The van der Waals surface area contributed by atoms with Gasteiger partial charge < -0.3 is 9.84 Å². The molecule has 1 aromatic carbocycles. The van der Waals surface area contributed by atoms with E-state index >= 15 is 0 Å². The van der Waals surface area contributed by atoms with Crippen molar-refractivity contribution < 1.29 is 17.7 Å². The molecule has 0 bridgehead atoms. The van der Waals surface area contributed by atoms with Crippen LogP contribution in [0.3, 0.4) is 0 Å². The van der Waals surface area contributed by atoms with E-state index < -0.39 is 10.0 Å². The van der Waals surface area contributed by atoms with Crippen molar-refractivity contribution in [3.63, 3.8) is 0 Å². The summed E-state index contributed by atoms with van der Waals surface area (Å²) in [7, 11) is -3.66. The number of piperidine rings is 1. The standard InChI is InChI=1S/C23H31N3O4S/c1-15(20-9-8-18-6-4-5-7-21(18)14-20)24-23(27)19-10-12-26(13-11-19)31(28,29)22-16(2)25-30-17(22)3/h8-9,14-15,19H,4-7,10-13H2,1-3H3,(H,24,27). The Bertz CT molecular complexity index is 1050. The van der Waals surface area contributed by atoms with Crippen LogP contribution >= 0.6 is 0 Å². The monoisotopic (exact) mass is 445 g/mol. The molecule has 0 spiro atoms. The third-order valence-electron chi connectivity index (χ3n) is 6.62. The molecule has 2 heterocycles. The third-order valence-corrected chi connectivity index (χ3v) is 8.77. The molecule has 4 rings (SSSR count). The summed E-state index contributed by atoms with van der Waals surface area (Å²) in [5.41, 5.74) is 4.34. The molecule has 1 aromatic heterocycles. The second kappa shape index (κ2) is 8.74. The number of nitrogens with zero attached hydrogens (tertiary/aromatic N) is 2. The van der Waals surface area contributed by atoms with E-state index in [4.69, 9.17) is 4.52 Å². The molecule has 168 valence electrons. The number of fused-ring (bicyclic) bond motifs is 1. The molecule has 1 amide bonds. The Hall–Kier alpha value is -2.19. The van der Waals surface area contributed by atoms with Crippen molar-refractivity contribution in [3.05, 3.63) is 46.3 Å². The van der Waals surface area contributed by atoms with Crippen molar-refractivity contribution in [1.29, 1.82) is 0 Å². The number of carbonyl (C=O) groups excluding carboxylic acids is 1. The van der Waals surface area contributed by atoms with E-state index in [-0.39, 0.29) is 22.8 Å². The molecular weight excluding hydrogens is 414 g/mol. The maximum absolute atomic E-state index is 13.0. The first-order valence-corrected chi connectivity index (χ1v) is 12.6.